The second-order valence-corrected chi connectivity index (χ2v) is 3.83. The molecule has 0 aromatic carbocycles. The Hall–Kier alpha value is -1.70. The molecular weight excluding hydrogens is 208 g/mol. The molecule has 2 unspecified atom stereocenters. The number of carbonyl (C=O) groups excluding carboxylic acids is 1. The zero-order valence-electron chi connectivity index (χ0n) is 9.49. The number of nitrogens with zero attached hydrogens (tertiary/aromatic N) is 1. The molecule has 0 aromatic rings. The van der Waals surface area contributed by atoms with Gasteiger partial charge in [-0.15, -0.1) is 5.92 Å². The third-order valence-corrected chi connectivity index (χ3v) is 2.72. The molecule has 88 valence electrons. The molecule has 2 amide bonds. The zero-order chi connectivity index (χ0) is 12.1. The number of carboxylic acid groups (broad SMARTS) is 1. The molecule has 0 radical (unpaired) electrons. The van der Waals surface area contributed by atoms with E-state index in [-0.39, 0.29) is 18.5 Å². The zero-order valence-corrected chi connectivity index (χ0v) is 9.49. The summed E-state index contributed by atoms with van der Waals surface area (Å²) in [5.74, 6) is 4.42. The molecule has 1 heterocycles. The fourth-order valence-electron chi connectivity index (χ4n) is 1.86. The van der Waals surface area contributed by atoms with E-state index in [0.717, 1.165) is 6.42 Å². The first-order chi connectivity index (χ1) is 7.57. The Bertz CT molecular complexity index is 343. The van der Waals surface area contributed by atoms with Gasteiger partial charge >= 0.3 is 12.0 Å². The van der Waals surface area contributed by atoms with Crippen molar-refractivity contribution in [2.24, 2.45) is 5.92 Å². The summed E-state index contributed by atoms with van der Waals surface area (Å²) in [5, 5.41) is 11.6. The monoisotopic (exact) mass is 224 g/mol. The Balaban J connectivity index is 2.60. The summed E-state index contributed by atoms with van der Waals surface area (Å²) in [6.45, 7) is 4.28. The van der Waals surface area contributed by atoms with E-state index in [1.807, 2.05) is 6.92 Å². The van der Waals surface area contributed by atoms with Crippen molar-refractivity contribution in [3.63, 3.8) is 0 Å². The Morgan fingerprint density at radius 1 is 1.56 bits per heavy atom. The molecule has 16 heavy (non-hydrogen) atoms. The van der Waals surface area contributed by atoms with Crippen LogP contribution in [0.25, 0.3) is 0 Å². The van der Waals surface area contributed by atoms with Crippen LogP contribution in [0, 0.1) is 17.8 Å². The number of hydrogen-bond donors (Lipinski definition) is 2. The molecule has 1 aliphatic heterocycles. The number of aliphatic carboxylic acids is 1. The molecule has 0 aliphatic carbocycles. The highest BCUT2D eigenvalue weighted by molar-refractivity contribution is 5.83. The maximum Gasteiger partial charge on any atom is 0.326 e. The molecule has 5 heteroatoms. The predicted molar refractivity (Wildman–Crippen MR) is 58.8 cm³/mol. The second kappa shape index (κ2) is 5.40. The van der Waals surface area contributed by atoms with E-state index in [9.17, 15) is 9.59 Å². The number of rotatable bonds is 2. The number of hydrogen-bond acceptors (Lipinski definition) is 2. The lowest BCUT2D eigenvalue weighted by atomic mass is 10.0. The van der Waals surface area contributed by atoms with Crippen molar-refractivity contribution in [1.82, 2.24) is 10.2 Å². The third-order valence-electron chi connectivity index (χ3n) is 2.72. The number of carbonyl (C=O) groups is 2. The van der Waals surface area contributed by atoms with Crippen molar-refractivity contribution in [3.05, 3.63) is 0 Å². The largest absolute Gasteiger partial charge is 0.480 e. The van der Waals surface area contributed by atoms with Crippen molar-refractivity contribution in [2.75, 3.05) is 13.1 Å². The third kappa shape index (κ3) is 2.66. The quantitative estimate of drug-likeness (QED) is 0.672. The van der Waals surface area contributed by atoms with Gasteiger partial charge in [-0.1, -0.05) is 12.8 Å². The molecule has 1 rings (SSSR count). The van der Waals surface area contributed by atoms with E-state index in [1.165, 1.54) is 4.90 Å². The van der Waals surface area contributed by atoms with Gasteiger partial charge in [0.15, 0.2) is 0 Å². The summed E-state index contributed by atoms with van der Waals surface area (Å²) in [7, 11) is 0. The number of carboxylic acids is 1. The fourth-order valence-corrected chi connectivity index (χ4v) is 1.86. The highest BCUT2D eigenvalue weighted by atomic mass is 16.4. The van der Waals surface area contributed by atoms with E-state index in [4.69, 9.17) is 5.11 Å². The van der Waals surface area contributed by atoms with Crippen molar-refractivity contribution < 1.29 is 14.7 Å². The number of likely N-dealkylation sites (tertiary alicyclic amines) is 1. The van der Waals surface area contributed by atoms with Crippen LogP contribution in [-0.4, -0.2) is 41.1 Å². The van der Waals surface area contributed by atoms with Crippen molar-refractivity contribution in [3.8, 4) is 11.8 Å². The average molecular weight is 224 g/mol. The van der Waals surface area contributed by atoms with Gasteiger partial charge in [-0.2, -0.15) is 0 Å². The summed E-state index contributed by atoms with van der Waals surface area (Å²) < 4.78 is 0. The van der Waals surface area contributed by atoms with Gasteiger partial charge in [0.1, 0.15) is 6.04 Å². The summed E-state index contributed by atoms with van der Waals surface area (Å²) in [6.07, 6.45) is 0.726. The lowest BCUT2D eigenvalue weighted by Crippen LogP contribution is -2.47. The standard InChI is InChI=1S/C11H16N2O3/c1-3-4-6-12-11(16)13-7-5-8(2)9(13)10(14)15/h8-9H,5-7H2,1-2H3,(H,12,16)(H,14,15). The molecule has 0 saturated carbocycles. The molecule has 0 spiro atoms. The van der Waals surface area contributed by atoms with Gasteiger partial charge in [-0.3, -0.25) is 0 Å². The van der Waals surface area contributed by atoms with E-state index in [2.05, 4.69) is 17.2 Å². The van der Waals surface area contributed by atoms with Gasteiger partial charge in [-0.25, -0.2) is 9.59 Å². The second-order valence-electron chi connectivity index (χ2n) is 3.83. The van der Waals surface area contributed by atoms with Crippen LogP contribution < -0.4 is 5.32 Å². The SMILES string of the molecule is CC#CCNC(=O)N1CCC(C)C1C(=O)O. The minimum atomic E-state index is -0.943. The average Bonchev–Trinajstić information content (AvgIpc) is 2.60. The van der Waals surface area contributed by atoms with E-state index in [1.54, 1.807) is 6.92 Å². The summed E-state index contributed by atoms with van der Waals surface area (Å²) >= 11 is 0. The molecule has 1 fully saturated rings. The predicted octanol–water partition coefficient (Wildman–Crippen LogP) is 0.514. The topological polar surface area (TPSA) is 69.6 Å². The number of nitrogens with one attached hydrogen (secondary N) is 1. The molecule has 2 N–H and O–H groups in total. The number of urea groups is 1. The van der Waals surface area contributed by atoms with Crippen molar-refractivity contribution >= 4 is 12.0 Å². The van der Waals surface area contributed by atoms with E-state index in [0.29, 0.717) is 6.54 Å². The Morgan fingerprint density at radius 3 is 2.81 bits per heavy atom. The molecule has 2 atom stereocenters. The molecule has 0 bridgehead atoms. The first-order valence-corrected chi connectivity index (χ1v) is 5.24. The van der Waals surface area contributed by atoms with Gasteiger partial charge in [0.05, 0.1) is 6.54 Å². The fraction of sp³-hybridized carbons (Fsp3) is 0.636. The normalized spacial score (nSPS) is 23.5. The Labute approximate surface area is 94.8 Å². The van der Waals surface area contributed by atoms with Crippen molar-refractivity contribution in [2.45, 2.75) is 26.3 Å². The van der Waals surface area contributed by atoms with E-state index >= 15 is 0 Å². The van der Waals surface area contributed by atoms with Crippen LogP contribution >= 0.6 is 0 Å². The maximum absolute atomic E-state index is 11.7. The Kier molecular flexibility index (Phi) is 4.18. The van der Waals surface area contributed by atoms with Crippen LogP contribution in [0.2, 0.25) is 0 Å². The first kappa shape index (κ1) is 12.4. The highest BCUT2D eigenvalue weighted by Gasteiger charge is 2.39. The molecule has 1 saturated heterocycles. The molecule has 1 aliphatic rings. The molecule has 0 aromatic heterocycles. The lowest BCUT2D eigenvalue weighted by Gasteiger charge is -2.23. The summed E-state index contributed by atoms with van der Waals surface area (Å²) in [6, 6.07) is -1.06. The van der Waals surface area contributed by atoms with Gasteiger partial charge in [-0.05, 0) is 19.3 Å². The van der Waals surface area contributed by atoms with Gasteiger partial charge < -0.3 is 15.3 Å². The van der Waals surface area contributed by atoms with Gasteiger partial charge in [0.25, 0.3) is 0 Å². The minimum absolute atomic E-state index is 0.000472. The number of amides is 2. The minimum Gasteiger partial charge on any atom is -0.480 e. The molecule has 5 nitrogen and oxygen atoms in total. The van der Waals surface area contributed by atoms with E-state index < -0.39 is 12.0 Å². The van der Waals surface area contributed by atoms with Crippen molar-refractivity contribution in [1.29, 1.82) is 0 Å². The van der Waals surface area contributed by atoms with Crippen LogP contribution in [-0.2, 0) is 4.79 Å². The van der Waals surface area contributed by atoms with Crippen LogP contribution in [0.5, 0.6) is 0 Å². The maximum atomic E-state index is 11.7. The van der Waals surface area contributed by atoms with Crippen LogP contribution in [0.4, 0.5) is 4.79 Å². The first-order valence-electron chi connectivity index (χ1n) is 5.24. The summed E-state index contributed by atoms with van der Waals surface area (Å²) in [4.78, 5) is 24.0. The highest BCUT2D eigenvalue weighted by Crippen LogP contribution is 2.23. The molecular formula is C11H16N2O3. The Morgan fingerprint density at radius 2 is 2.25 bits per heavy atom. The van der Waals surface area contributed by atoms with Crippen LogP contribution in [0.15, 0.2) is 0 Å². The van der Waals surface area contributed by atoms with Gasteiger partial charge in [0.2, 0.25) is 0 Å². The summed E-state index contributed by atoms with van der Waals surface area (Å²) in [5.41, 5.74) is 0. The van der Waals surface area contributed by atoms with Crippen LogP contribution in [0.1, 0.15) is 20.3 Å². The van der Waals surface area contributed by atoms with Crippen LogP contribution in [0.3, 0.4) is 0 Å². The van der Waals surface area contributed by atoms with Gasteiger partial charge in [0, 0.05) is 6.54 Å². The lowest BCUT2D eigenvalue weighted by molar-refractivity contribution is -0.142. The smallest absolute Gasteiger partial charge is 0.326 e.